The Morgan fingerprint density at radius 2 is 1.38 bits per heavy atom. The number of phenols is 1. The highest BCUT2D eigenvalue weighted by molar-refractivity contribution is 5.56. The molecule has 1 heterocycles. The highest BCUT2D eigenvalue weighted by atomic mass is 16.3. The van der Waals surface area contributed by atoms with Crippen LogP contribution in [0.25, 0.3) is 5.69 Å². The van der Waals surface area contributed by atoms with Gasteiger partial charge in [0.2, 0.25) is 11.8 Å². The Balaban J connectivity index is 2.75. The first-order chi connectivity index (χ1) is 7.54. The van der Waals surface area contributed by atoms with Crippen LogP contribution in [-0.4, -0.2) is 19.9 Å². The highest BCUT2D eigenvalue weighted by Gasteiger charge is 2.18. The van der Waals surface area contributed by atoms with Crippen molar-refractivity contribution in [3.63, 3.8) is 0 Å². The van der Waals surface area contributed by atoms with Gasteiger partial charge in [0.15, 0.2) is 0 Å². The van der Waals surface area contributed by atoms with Gasteiger partial charge < -0.3 is 15.3 Å². The Kier molecular flexibility index (Phi) is 2.27. The smallest absolute Gasteiger partial charge is 0.202 e. The van der Waals surface area contributed by atoms with Crippen LogP contribution in [0.3, 0.4) is 0 Å². The van der Waals surface area contributed by atoms with Gasteiger partial charge in [0.1, 0.15) is 5.75 Å². The second-order valence-electron chi connectivity index (χ2n) is 3.72. The molecule has 0 saturated carbocycles. The first-order valence-corrected chi connectivity index (χ1v) is 4.92. The lowest BCUT2D eigenvalue weighted by molar-refractivity contribution is 0.394. The zero-order valence-electron chi connectivity index (χ0n) is 9.10. The summed E-state index contributed by atoms with van der Waals surface area (Å²) in [6.07, 6.45) is 0. The summed E-state index contributed by atoms with van der Waals surface area (Å²) in [5, 5.41) is 29.4. The Morgan fingerprint density at radius 1 is 0.875 bits per heavy atom. The Hall–Kier alpha value is -2.10. The lowest BCUT2D eigenvalue weighted by Gasteiger charge is -2.08. The third kappa shape index (κ3) is 1.31. The van der Waals surface area contributed by atoms with Crippen molar-refractivity contribution in [3.8, 4) is 23.2 Å². The summed E-state index contributed by atoms with van der Waals surface area (Å²) in [6.45, 7) is 3.42. The fraction of sp³-hybridized carbons (Fsp3) is 0.167. The topological polar surface area (TPSA) is 65.6 Å². The van der Waals surface area contributed by atoms with Gasteiger partial charge in [-0.3, -0.25) is 0 Å². The van der Waals surface area contributed by atoms with Crippen molar-refractivity contribution < 1.29 is 15.3 Å². The summed E-state index contributed by atoms with van der Waals surface area (Å²) in [5.74, 6) is -0.115. The first-order valence-electron chi connectivity index (χ1n) is 4.92. The van der Waals surface area contributed by atoms with Gasteiger partial charge in [-0.2, -0.15) is 0 Å². The van der Waals surface area contributed by atoms with Crippen LogP contribution >= 0.6 is 0 Å². The minimum Gasteiger partial charge on any atom is -0.506 e. The fourth-order valence-corrected chi connectivity index (χ4v) is 1.65. The molecule has 0 amide bonds. The number of phenolic OH excluding ortho intramolecular Hbond substituents is 1. The van der Waals surface area contributed by atoms with Crippen LogP contribution in [0.1, 0.15) is 11.1 Å². The molecule has 2 aromatic rings. The SMILES string of the molecule is Cc1c(C)c(O)n(-c2ccccc2O)c1O. The lowest BCUT2D eigenvalue weighted by atomic mass is 10.2. The lowest BCUT2D eigenvalue weighted by Crippen LogP contribution is -1.93. The van der Waals surface area contributed by atoms with Crippen molar-refractivity contribution in [2.45, 2.75) is 13.8 Å². The normalized spacial score (nSPS) is 10.6. The summed E-state index contributed by atoms with van der Waals surface area (Å²) in [4.78, 5) is 0. The van der Waals surface area contributed by atoms with Gasteiger partial charge in [-0.05, 0) is 26.0 Å². The standard InChI is InChI=1S/C12H13NO3/c1-7-8(2)12(16)13(11(7)15)9-5-3-4-6-10(9)14/h3-6,14-16H,1-2H3. The van der Waals surface area contributed by atoms with Crippen LogP contribution in [0, 0.1) is 13.8 Å². The molecule has 0 fully saturated rings. The van der Waals surface area contributed by atoms with E-state index in [2.05, 4.69) is 0 Å². The summed E-state index contributed by atoms with van der Waals surface area (Å²) >= 11 is 0. The molecule has 0 radical (unpaired) electrons. The minimum absolute atomic E-state index is 0.00287. The molecule has 0 spiro atoms. The van der Waals surface area contributed by atoms with Crippen molar-refractivity contribution in [1.29, 1.82) is 0 Å². The molecule has 1 aromatic carbocycles. The van der Waals surface area contributed by atoms with Crippen LogP contribution in [-0.2, 0) is 0 Å². The minimum atomic E-state index is -0.0588. The van der Waals surface area contributed by atoms with Crippen molar-refractivity contribution in [3.05, 3.63) is 35.4 Å². The summed E-state index contributed by atoms with van der Waals surface area (Å²) < 4.78 is 1.22. The fourth-order valence-electron chi connectivity index (χ4n) is 1.65. The molecule has 0 aliphatic carbocycles. The maximum Gasteiger partial charge on any atom is 0.202 e. The molecule has 0 unspecified atom stereocenters. The summed E-state index contributed by atoms with van der Waals surface area (Å²) in [7, 11) is 0. The number of rotatable bonds is 1. The van der Waals surface area contributed by atoms with Gasteiger partial charge in [0, 0.05) is 11.1 Å². The number of nitrogens with zero attached hydrogens (tertiary/aromatic N) is 1. The van der Waals surface area contributed by atoms with Crippen molar-refractivity contribution in [2.75, 3.05) is 0 Å². The van der Waals surface area contributed by atoms with E-state index in [-0.39, 0.29) is 17.5 Å². The molecule has 0 bridgehead atoms. The van der Waals surface area contributed by atoms with E-state index in [9.17, 15) is 15.3 Å². The first kappa shape index (κ1) is 10.4. The molecule has 4 nitrogen and oxygen atoms in total. The van der Waals surface area contributed by atoms with Crippen LogP contribution in [0.5, 0.6) is 17.5 Å². The Bertz CT molecular complexity index is 518. The number of hydrogen-bond donors (Lipinski definition) is 3. The number of benzene rings is 1. The second kappa shape index (κ2) is 3.48. The molecule has 0 aliphatic heterocycles. The highest BCUT2D eigenvalue weighted by Crippen LogP contribution is 2.37. The molecule has 1 aromatic heterocycles. The van der Waals surface area contributed by atoms with E-state index in [4.69, 9.17) is 0 Å². The third-order valence-electron chi connectivity index (χ3n) is 2.78. The van der Waals surface area contributed by atoms with E-state index in [0.717, 1.165) is 0 Å². The predicted molar refractivity (Wildman–Crippen MR) is 60.2 cm³/mol. The van der Waals surface area contributed by atoms with Crippen LogP contribution < -0.4 is 0 Å². The molecule has 16 heavy (non-hydrogen) atoms. The maximum absolute atomic E-state index is 9.87. The zero-order chi connectivity index (χ0) is 11.9. The molecule has 4 heteroatoms. The van der Waals surface area contributed by atoms with Gasteiger partial charge in [0.05, 0.1) is 5.69 Å². The third-order valence-corrected chi connectivity index (χ3v) is 2.78. The predicted octanol–water partition coefficient (Wildman–Crippen LogP) is 2.21. The van der Waals surface area contributed by atoms with Gasteiger partial charge in [0.25, 0.3) is 0 Å². The Labute approximate surface area is 93.0 Å². The van der Waals surface area contributed by atoms with Crippen LogP contribution in [0.2, 0.25) is 0 Å². The van der Waals surface area contributed by atoms with Crippen LogP contribution in [0.4, 0.5) is 0 Å². The van der Waals surface area contributed by atoms with E-state index >= 15 is 0 Å². The largest absolute Gasteiger partial charge is 0.506 e. The van der Waals surface area contributed by atoms with Gasteiger partial charge in [-0.25, -0.2) is 4.57 Å². The number of hydrogen-bond acceptors (Lipinski definition) is 3. The van der Waals surface area contributed by atoms with E-state index < -0.39 is 0 Å². The van der Waals surface area contributed by atoms with E-state index in [1.165, 1.54) is 10.6 Å². The quantitative estimate of drug-likeness (QED) is 0.689. The zero-order valence-corrected chi connectivity index (χ0v) is 9.10. The maximum atomic E-state index is 9.87. The number of aromatic nitrogens is 1. The summed E-state index contributed by atoms with van der Waals surface area (Å²) in [5.41, 5.74) is 1.55. The molecular weight excluding hydrogens is 206 g/mol. The van der Waals surface area contributed by atoms with Gasteiger partial charge in [-0.1, -0.05) is 12.1 Å². The molecular formula is C12H13NO3. The van der Waals surface area contributed by atoms with Crippen molar-refractivity contribution >= 4 is 0 Å². The van der Waals surface area contributed by atoms with Crippen molar-refractivity contribution in [2.24, 2.45) is 0 Å². The molecule has 0 aliphatic rings. The molecule has 3 N–H and O–H groups in total. The van der Waals surface area contributed by atoms with E-state index in [0.29, 0.717) is 16.8 Å². The van der Waals surface area contributed by atoms with Gasteiger partial charge >= 0.3 is 0 Å². The van der Waals surface area contributed by atoms with Crippen LogP contribution in [0.15, 0.2) is 24.3 Å². The van der Waals surface area contributed by atoms with E-state index in [1.807, 2.05) is 0 Å². The second-order valence-corrected chi connectivity index (χ2v) is 3.72. The molecule has 2 rings (SSSR count). The summed E-state index contributed by atoms with van der Waals surface area (Å²) in [6, 6.07) is 6.52. The van der Waals surface area contributed by atoms with E-state index in [1.54, 1.807) is 32.0 Å². The monoisotopic (exact) mass is 219 g/mol. The molecule has 84 valence electrons. The van der Waals surface area contributed by atoms with Crippen molar-refractivity contribution in [1.82, 2.24) is 4.57 Å². The van der Waals surface area contributed by atoms with Gasteiger partial charge in [-0.15, -0.1) is 0 Å². The molecule has 0 atom stereocenters. The average Bonchev–Trinajstić information content (AvgIpc) is 2.45. The number of para-hydroxylation sites is 2. The Morgan fingerprint density at radius 3 is 1.88 bits per heavy atom. The molecule has 0 saturated heterocycles. The number of aromatic hydroxyl groups is 3. The average molecular weight is 219 g/mol.